The molecule has 0 unspecified atom stereocenters. The largest absolute Gasteiger partial charge is 0.437 e. The van der Waals surface area contributed by atoms with Gasteiger partial charge in [0.25, 0.3) is 0 Å². The van der Waals surface area contributed by atoms with E-state index in [4.69, 9.17) is 10.5 Å². The van der Waals surface area contributed by atoms with Crippen LogP contribution in [0.4, 0.5) is 11.8 Å². The second kappa shape index (κ2) is 8.96. The molecule has 0 saturated heterocycles. The highest BCUT2D eigenvalue weighted by atomic mass is 16.5. The Morgan fingerprint density at radius 1 is 1.07 bits per heavy atom. The summed E-state index contributed by atoms with van der Waals surface area (Å²) >= 11 is 0. The highest BCUT2D eigenvalue weighted by Crippen LogP contribution is 2.24. The van der Waals surface area contributed by atoms with Crippen LogP contribution in [0, 0.1) is 0 Å². The molecule has 150 valence electrons. The SMILES string of the molecule is CC(=O)N(C)CCN(C)c1cncc(Oc2ccc(-c3ccnc(N)n3)cc2)n1. The van der Waals surface area contributed by atoms with Crippen molar-refractivity contribution in [1.82, 2.24) is 24.8 Å². The van der Waals surface area contributed by atoms with Crippen LogP contribution in [0.2, 0.25) is 0 Å². The number of benzene rings is 1. The highest BCUT2D eigenvalue weighted by Gasteiger charge is 2.09. The summed E-state index contributed by atoms with van der Waals surface area (Å²) in [6.07, 6.45) is 4.83. The third kappa shape index (κ3) is 5.38. The molecule has 0 saturated carbocycles. The fourth-order valence-corrected chi connectivity index (χ4v) is 2.49. The first-order valence-corrected chi connectivity index (χ1v) is 9.04. The third-order valence-corrected chi connectivity index (χ3v) is 4.35. The van der Waals surface area contributed by atoms with Gasteiger partial charge in [0.05, 0.1) is 18.1 Å². The van der Waals surface area contributed by atoms with Crippen LogP contribution in [0.5, 0.6) is 11.6 Å². The van der Waals surface area contributed by atoms with Crippen LogP contribution in [0.3, 0.4) is 0 Å². The molecule has 3 aromatic rings. The molecule has 0 aliphatic heterocycles. The number of nitrogens with two attached hydrogens (primary N) is 1. The lowest BCUT2D eigenvalue weighted by molar-refractivity contribution is -0.127. The fourth-order valence-electron chi connectivity index (χ4n) is 2.49. The molecule has 2 heterocycles. The number of anilines is 2. The number of amides is 1. The summed E-state index contributed by atoms with van der Waals surface area (Å²) in [6.45, 7) is 2.76. The lowest BCUT2D eigenvalue weighted by Gasteiger charge is -2.22. The Balaban J connectivity index is 1.66. The van der Waals surface area contributed by atoms with E-state index in [1.807, 2.05) is 36.2 Å². The number of hydrogen-bond acceptors (Lipinski definition) is 8. The van der Waals surface area contributed by atoms with E-state index < -0.39 is 0 Å². The predicted octanol–water partition coefficient (Wildman–Crippen LogP) is 2.22. The van der Waals surface area contributed by atoms with Crippen molar-refractivity contribution in [2.24, 2.45) is 0 Å². The van der Waals surface area contributed by atoms with Gasteiger partial charge in [-0.25, -0.2) is 9.97 Å². The number of nitrogen functional groups attached to an aromatic ring is 1. The molecule has 0 bridgehead atoms. The summed E-state index contributed by atoms with van der Waals surface area (Å²) in [5, 5.41) is 0. The molecule has 0 aliphatic carbocycles. The smallest absolute Gasteiger partial charge is 0.239 e. The quantitative estimate of drug-likeness (QED) is 0.651. The predicted molar refractivity (Wildman–Crippen MR) is 111 cm³/mol. The number of rotatable bonds is 7. The first kappa shape index (κ1) is 20.0. The number of hydrogen-bond donors (Lipinski definition) is 1. The number of nitrogens with zero attached hydrogens (tertiary/aromatic N) is 6. The van der Waals surface area contributed by atoms with Gasteiger partial charge in [-0.2, -0.15) is 4.98 Å². The zero-order chi connectivity index (χ0) is 20.8. The molecule has 29 heavy (non-hydrogen) atoms. The van der Waals surface area contributed by atoms with Crippen LogP contribution in [0.15, 0.2) is 48.9 Å². The van der Waals surface area contributed by atoms with Crippen LogP contribution in [-0.4, -0.2) is 57.9 Å². The van der Waals surface area contributed by atoms with E-state index in [0.717, 1.165) is 11.3 Å². The zero-order valence-electron chi connectivity index (χ0n) is 16.6. The first-order valence-electron chi connectivity index (χ1n) is 9.04. The topological polar surface area (TPSA) is 110 Å². The van der Waals surface area contributed by atoms with E-state index in [9.17, 15) is 4.79 Å². The van der Waals surface area contributed by atoms with E-state index in [1.54, 1.807) is 43.5 Å². The number of ether oxygens (including phenoxy) is 1. The lowest BCUT2D eigenvalue weighted by atomic mass is 10.1. The Hall–Kier alpha value is -3.75. The van der Waals surface area contributed by atoms with Gasteiger partial charge < -0.3 is 20.3 Å². The van der Waals surface area contributed by atoms with Gasteiger partial charge in [0.2, 0.25) is 17.7 Å². The van der Waals surface area contributed by atoms with Crippen molar-refractivity contribution in [3.8, 4) is 22.9 Å². The Morgan fingerprint density at radius 2 is 1.83 bits per heavy atom. The summed E-state index contributed by atoms with van der Waals surface area (Å²) in [5.41, 5.74) is 7.28. The van der Waals surface area contributed by atoms with Gasteiger partial charge in [-0.1, -0.05) is 0 Å². The van der Waals surface area contributed by atoms with E-state index in [1.165, 1.54) is 0 Å². The van der Waals surface area contributed by atoms with E-state index in [0.29, 0.717) is 30.5 Å². The van der Waals surface area contributed by atoms with Gasteiger partial charge in [0.1, 0.15) is 5.75 Å². The minimum absolute atomic E-state index is 0.0228. The maximum atomic E-state index is 11.3. The second-order valence-electron chi connectivity index (χ2n) is 6.50. The van der Waals surface area contributed by atoms with E-state index in [2.05, 4.69) is 19.9 Å². The maximum absolute atomic E-state index is 11.3. The molecular weight excluding hydrogens is 370 g/mol. The highest BCUT2D eigenvalue weighted by molar-refractivity contribution is 5.72. The van der Waals surface area contributed by atoms with Crippen molar-refractivity contribution in [2.75, 3.05) is 37.8 Å². The fraction of sp³-hybridized carbons (Fsp3) is 0.250. The molecule has 0 spiro atoms. The molecule has 1 aromatic carbocycles. The van der Waals surface area contributed by atoms with Crippen molar-refractivity contribution in [2.45, 2.75) is 6.92 Å². The van der Waals surface area contributed by atoms with E-state index in [-0.39, 0.29) is 11.9 Å². The third-order valence-electron chi connectivity index (χ3n) is 4.35. The molecular formula is C20H23N7O2. The summed E-state index contributed by atoms with van der Waals surface area (Å²) in [6, 6.07) is 9.22. The summed E-state index contributed by atoms with van der Waals surface area (Å²) < 4.78 is 5.83. The molecule has 9 heteroatoms. The van der Waals surface area contributed by atoms with Gasteiger partial charge in [-0.05, 0) is 30.3 Å². The number of likely N-dealkylation sites (N-methyl/N-ethyl adjacent to an activating group) is 2. The van der Waals surface area contributed by atoms with E-state index >= 15 is 0 Å². The lowest BCUT2D eigenvalue weighted by Crippen LogP contribution is -2.33. The monoisotopic (exact) mass is 393 g/mol. The average molecular weight is 393 g/mol. The standard InChI is InChI=1S/C20H23N7O2/c1-14(28)26(2)10-11-27(3)18-12-22-13-19(25-18)29-16-6-4-15(5-7-16)17-8-9-23-20(21)24-17/h4-9,12-13H,10-11H2,1-3H3,(H2,21,23,24). The van der Waals surface area contributed by atoms with Crippen LogP contribution in [0.1, 0.15) is 6.92 Å². The Bertz CT molecular complexity index is 979. The molecule has 2 N–H and O–H groups in total. The Kier molecular flexibility index (Phi) is 6.18. The number of carbonyl (C=O) groups excluding carboxylic acids is 1. The van der Waals surface area contributed by atoms with Crippen LogP contribution < -0.4 is 15.4 Å². The molecule has 2 aromatic heterocycles. The first-order chi connectivity index (χ1) is 13.9. The second-order valence-corrected chi connectivity index (χ2v) is 6.50. The summed E-state index contributed by atoms with van der Waals surface area (Å²) in [5.74, 6) is 1.92. The summed E-state index contributed by atoms with van der Waals surface area (Å²) in [7, 11) is 3.66. The van der Waals surface area contributed by atoms with Crippen molar-refractivity contribution < 1.29 is 9.53 Å². The molecule has 3 rings (SSSR count). The van der Waals surface area contributed by atoms with Crippen molar-refractivity contribution in [3.05, 3.63) is 48.9 Å². The molecule has 0 aliphatic rings. The minimum Gasteiger partial charge on any atom is -0.437 e. The maximum Gasteiger partial charge on any atom is 0.239 e. The van der Waals surface area contributed by atoms with Crippen LogP contribution in [-0.2, 0) is 4.79 Å². The van der Waals surface area contributed by atoms with Gasteiger partial charge in [-0.3, -0.25) is 9.78 Å². The van der Waals surface area contributed by atoms with Crippen molar-refractivity contribution >= 4 is 17.7 Å². The molecule has 1 amide bonds. The number of carbonyl (C=O) groups is 1. The average Bonchev–Trinajstić information content (AvgIpc) is 2.72. The van der Waals surface area contributed by atoms with Gasteiger partial charge >= 0.3 is 0 Å². The molecule has 9 nitrogen and oxygen atoms in total. The Morgan fingerprint density at radius 3 is 2.52 bits per heavy atom. The molecule has 0 radical (unpaired) electrons. The van der Waals surface area contributed by atoms with Gasteiger partial charge in [0.15, 0.2) is 5.82 Å². The zero-order valence-corrected chi connectivity index (χ0v) is 16.6. The van der Waals surface area contributed by atoms with Gasteiger partial charge in [0, 0.05) is 45.9 Å². The molecule has 0 fully saturated rings. The minimum atomic E-state index is 0.0228. The Labute approximate surface area is 169 Å². The molecule has 0 atom stereocenters. The van der Waals surface area contributed by atoms with Crippen molar-refractivity contribution in [1.29, 1.82) is 0 Å². The normalized spacial score (nSPS) is 10.4. The van der Waals surface area contributed by atoms with Gasteiger partial charge in [-0.15, -0.1) is 0 Å². The van der Waals surface area contributed by atoms with Crippen LogP contribution >= 0.6 is 0 Å². The number of aromatic nitrogens is 4. The summed E-state index contributed by atoms with van der Waals surface area (Å²) in [4.78, 5) is 31.7. The van der Waals surface area contributed by atoms with Crippen molar-refractivity contribution in [3.63, 3.8) is 0 Å². The van der Waals surface area contributed by atoms with Crippen LogP contribution in [0.25, 0.3) is 11.3 Å².